The van der Waals surface area contributed by atoms with E-state index in [4.69, 9.17) is 0 Å². The Morgan fingerprint density at radius 1 is 1.16 bits per heavy atom. The van der Waals surface area contributed by atoms with Gasteiger partial charge in [0.25, 0.3) is 0 Å². The summed E-state index contributed by atoms with van der Waals surface area (Å²) in [6, 6.07) is 11.5. The molecular formula is C17H28N2. The second kappa shape index (κ2) is 7.66. The van der Waals surface area contributed by atoms with E-state index in [0.717, 1.165) is 5.92 Å². The van der Waals surface area contributed by atoms with Gasteiger partial charge in [0.05, 0.1) is 0 Å². The Bertz CT molecular complexity index is 340. The van der Waals surface area contributed by atoms with Gasteiger partial charge in [-0.1, -0.05) is 44.2 Å². The lowest BCUT2D eigenvalue weighted by molar-refractivity contribution is 0.182. The third kappa shape index (κ3) is 5.33. The average molecular weight is 260 g/mol. The lowest BCUT2D eigenvalue weighted by Gasteiger charge is -2.32. The van der Waals surface area contributed by atoms with E-state index in [1.165, 1.54) is 51.0 Å². The summed E-state index contributed by atoms with van der Waals surface area (Å²) in [7, 11) is 0. The fraction of sp³-hybridized carbons (Fsp3) is 0.647. The molecule has 1 aromatic rings. The first-order valence-electron chi connectivity index (χ1n) is 7.73. The van der Waals surface area contributed by atoms with Crippen molar-refractivity contribution in [3.8, 4) is 0 Å². The highest BCUT2D eigenvalue weighted by Gasteiger charge is 2.18. The standard InChI is InChI=1S/C17H28N2/c1-15(2)18-14-17-9-12-19(13-10-17)11-8-16-6-4-3-5-7-16/h3-7,15,17-18H,8-14H2,1-2H3. The van der Waals surface area contributed by atoms with E-state index >= 15 is 0 Å². The molecule has 1 aliphatic heterocycles. The van der Waals surface area contributed by atoms with Crippen molar-refractivity contribution in [1.29, 1.82) is 0 Å². The van der Waals surface area contributed by atoms with E-state index in [0.29, 0.717) is 6.04 Å². The molecule has 1 aliphatic rings. The summed E-state index contributed by atoms with van der Waals surface area (Å²) >= 11 is 0. The highest BCUT2D eigenvalue weighted by Crippen LogP contribution is 2.16. The van der Waals surface area contributed by atoms with Crippen LogP contribution in [0.3, 0.4) is 0 Å². The summed E-state index contributed by atoms with van der Waals surface area (Å²) < 4.78 is 0. The molecule has 1 heterocycles. The summed E-state index contributed by atoms with van der Waals surface area (Å²) in [5.74, 6) is 0.885. The van der Waals surface area contributed by atoms with E-state index in [9.17, 15) is 0 Å². The van der Waals surface area contributed by atoms with Crippen LogP contribution in [-0.2, 0) is 6.42 Å². The maximum absolute atomic E-state index is 3.57. The minimum Gasteiger partial charge on any atom is -0.314 e. The minimum absolute atomic E-state index is 0.621. The molecule has 2 heteroatoms. The first-order chi connectivity index (χ1) is 9.24. The normalized spacial score (nSPS) is 18.1. The van der Waals surface area contributed by atoms with Gasteiger partial charge in [-0.3, -0.25) is 0 Å². The largest absolute Gasteiger partial charge is 0.314 e. The zero-order valence-electron chi connectivity index (χ0n) is 12.4. The molecule has 0 aromatic heterocycles. The summed E-state index contributed by atoms with van der Waals surface area (Å²) in [5.41, 5.74) is 1.46. The monoisotopic (exact) mass is 260 g/mol. The van der Waals surface area contributed by atoms with Gasteiger partial charge in [-0.2, -0.15) is 0 Å². The Morgan fingerprint density at radius 3 is 2.47 bits per heavy atom. The molecule has 0 aliphatic carbocycles. The molecule has 106 valence electrons. The lowest BCUT2D eigenvalue weighted by atomic mass is 9.96. The van der Waals surface area contributed by atoms with Crippen LogP contribution in [0.4, 0.5) is 0 Å². The molecular weight excluding hydrogens is 232 g/mol. The highest BCUT2D eigenvalue weighted by atomic mass is 15.1. The van der Waals surface area contributed by atoms with Crippen LogP contribution >= 0.6 is 0 Å². The van der Waals surface area contributed by atoms with E-state index < -0.39 is 0 Å². The third-order valence-corrected chi connectivity index (χ3v) is 4.08. The van der Waals surface area contributed by atoms with Crippen LogP contribution in [-0.4, -0.2) is 37.1 Å². The Balaban J connectivity index is 1.63. The second-order valence-corrected chi connectivity index (χ2v) is 6.08. The zero-order valence-corrected chi connectivity index (χ0v) is 12.4. The summed E-state index contributed by atoms with van der Waals surface area (Å²) in [5, 5.41) is 3.57. The van der Waals surface area contributed by atoms with Gasteiger partial charge in [0.15, 0.2) is 0 Å². The number of piperidine rings is 1. The Labute approximate surface area is 118 Å². The smallest absolute Gasteiger partial charge is 0.00218 e. The number of nitrogens with one attached hydrogen (secondary N) is 1. The third-order valence-electron chi connectivity index (χ3n) is 4.08. The van der Waals surface area contributed by atoms with Gasteiger partial charge < -0.3 is 10.2 Å². The van der Waals surface area contributed by atoms with Gasteiger partial charge in [-0.05, 0) is 50.4 Å². The maximum Gasteiger partial charge on any atom is 0.00218 e. The van der Waals surface area contributed by atoms with Crippen molar-refractivity contribution in [2.24, 2.45) is 5.92 Å². The second-order valence-electron chi connectivity index (χ2n) is 6.08. The van der Waals surface area contributed by atoms with Crippen molar-refractivity contribution in [3.05, 3.63) is 35.9 Å². The SMILES string of the molecule is CC(C)NCC1CCN(CCc2ccccc2)CC1. The number of hydrogen-bond donors (Lipinski definition) is 1. The Morgan fingerprint density at radius 2 is 1.84 bits per heavy atom. The van der Waals surface area contributed by atoms with Crippen molar-refractivity contribution >= 4 is 0 Å². The first kappa shape index (κ1) is 14.5. The van der Waals surface area contributed by atoms with Gasteiger partial charge in [-0.15, -0.1) is 0 Å². The maximum atomic E-state index is 3.57. The fourth-order valence-corrected chi connectivity index (χ4v) is 2.75. The molecule has 1 aromatic carbocycles. The van der Waals surface area contributed by atoms with E-state index in [1.54, 1.807) is 0 Å². The quantitative estimate of drug-likeness (QED) is 0.846. The van der Waals surface area contributed by atoms with Crippen molar-refractivity contribution < 1.29 is 0 Å². The van der Waals surface area contributed by atoms with Crippen molar-refractivity contribution in [2.45, 2.75) is 39.2 Å². The van der Waals surface area contributed by atoms with Crippen LogP contribution in [0.5, 0.6) is 0 Å². The number of benzene rings is 1. The molecule has 0 spiro atoms. The van der Waals surface area contributed by atoms with E-state index in [-0.39, 0.29) is 0 Å². The first-order valence-corrected chi connectivity index (χ1v) is 7.73. The van der Waals surface area contributed by atoms with Crippen LogP contribution in [0.1, 0.15) is 32.3 Å². The van der Waals surface area contributed by atoms with Crippen molar-refractivity contribution in [3.63, 3.8) is 0 Å². The Kier molecular flexibility index (Phi) is 5.87. The molecule has 0 amide bonds. The zero-order chi connectivity index (χ0) is 13.5. The lowest BCUT2D eigenvalue weighted by Crippen LogP contribution is -2.39. The molecule has 1 N–H and O–H groups in total. The number of likely N-dealkylation sites (tertiary alicyclic amines) is 1. The van der Waals surface area contributed by atoms with Crippen molar-refractivity contribution in [1.82, 2.24) is 10.2 Å². The molecule has 19 heavy (non-hydrogen) atoms. The average Bonchev–Trinajstić information content (AvgIpc) is 2.45. The fourth-order valence-electron chi connectivity index (χ4n) is 2.75. The van der Waals surface area contributed by atoms with Crippen molar-refractivity contribution in [2.75, 3.05) is 26.2 Å². The van der Waals surface area contributed by atoms with E-state index in [2.05, 4.69) is 54.4 Å². The van der Waals surface area contributed by atoms with Gasteiger partial charge >= 0.3 is 0 Å². The van der Waals surface area contributed by atoms with E-state index in [1.807, 2.05) is 0 Å². The summed E-state index contributed by atoms with van der Waals surface area (Å²) in [4.78, 5) is 2.62. The van der Waals surface area contributed by atoms with Gasteiger partial charge in [-0.25, -0.2) is 0 Å². The van der Waals surface area contributed by atoms with Gasteiger partial charge in [0, 0.05) is 12.6 Å². The molecule has 0 radical (unpaired) electrons. The summed E-state index contributed by atoms with van der Waals surface area (Å²) in [6.07, 6.45) is 3.90. The molecule has 2 nitrogen and oxygen atoms in total. The predicted molar refractivity (Wildman–Crippen MR) is 82.4 cm³/mol. The number of nitrogens with zero attached hydrogens (tertiary/aromatic N) is 1. The van der Waals surface area contributed by atoms with Crippen LogP contribution in [0.2, 0.25) is 0 Å². The summed E-state index contributed by atoms with van der Waals surface area (Å²) in [6.45, 7) is 9.43. The highest BCUT2D eigenvalue weighted by molar-refractivity contribution is 5.14. The van der Waals surface area contributed by atoms with Gasteiger partial charge in [0.1, 0.15) is 0 Å². The van der Waals surface area contributed by atoms with Gasteiger partial charge in [0.2, 0.25) is 0 Å². The van der Waals surface area contributed by atoms with Crippen LogP contribution in [0, 0.1) is 5.92 Å². The number of rotatable bonds is 6. The molecule has 0 atom stereocenters. The predicted octanol–water partition coefficient (Wildman–Crippen LogP) is 2.94. The molecule has 0 bridgehead atoms. The van der Waals surface area contributed by atoms with Crippen LogP contribution in [0.15, 0.2) is 30.3 Å². The molecule has 1 fully saturated rings. The Hall–Kier alpha value is -0.860. The van der Waals surface area contributed by atoms with Crippen LogP contribution < -0.4 is 5.32 Å². The molecule has 0 unspecified atom stereocenters. The number of hydrogen-bond acceptors (Lipinski definition) is 2. The van der Waals surface area contributed by atoms with Crippen LogP contribution in [0.25, 0.3) is 0 Å². The molecule has 1 saturated heterocycles. The topological polar surface area (TPSA) is 15.3 Å². The molecule has 0 saturated carbocycles. The molecule has 2 rings (SSSR count). The minimum atomic E-state index is 0.621.